The van der Waals surface area contributed by atoms with Gasteiger partial charge >= 0.3 is 6.18 Å². The lowest BCUT2D eigenvalue weighted by molar-refractivity contribution is -0.160. The van der Waals surface area contributed by atoms with Crippen LogP contribution in [0.15, 0.2) is 41.4 Å². The van der Waals surface area contributed by atoms with E-state index in [0.29, 0.717) is 27.4 Å². The van der Waals surface area contributed by atoms with Crippen LogP contribution in [0.5, 0.6) is 0 Å². The van der Waals surface area contributed by atoms with Crippen LogP contribution in [0.2, 0.25) is 5.15 Å². The van der Waals surface area contributed by atoms with Crippen molar-refractivity contribution in [3.05, 3.63) is 47.2 Å². The van der Waals surface area contributed by atoms with Gasteiger partial charge in [-0.3, -0.25) is 0 Å². The number of nitrogens with zero attached hydrogens (tertiary/aromatic N) is 3. The van der Waals surface area contributed by atoms with Gasteiger partial charge in [0.15, 0.2) is 0 Å². The van der Waals surface area contributed by atoms with Crippen LogP contribution in [0, 0.1) is 11.3 Å². The summed E-state index contributed by atoms with van der Waals surface area (Å²) in [6, 6.07) is 9.69. The zero-order chi connectivity index (χ0) is 24.3. The zero-order valence-electron chi connectivity index (χ0n) is 17.9. The number of alkyl halides is 3. The van der Waals surface area contributed by atoms with E-state index in [1.54, 1.807) is 12.3 Å². The lowest BCUT2D eigenvalue weighted by Gasteiger charge is -2.21. The van der Waals surface area contributed by atoms with Crippen molar-refractivity contribution in [2.75, 3.05) is 0 Å². The van der Waals surface area contributed by atoms with Gasteiger partial charge in [0, 0.05) is 17.6 Å². The number of hydrogen-bond acceptors (Lipinski definition) is 4. The number of rotatable bonds is 5. The van der Waals surface area contributed by atoms with E-state index >= 15 is 0 Å². The van der Waals surface area contributed by atoms with Gasteiger partial charge in [-0.25, -0.2) is 13.4 Å². The maximum absolute atomic E-state index is 13.3. The third-order valence-corrected chi connectivity index (χ3v) is 8.48. The topological polar surface area (TPSA) is 87.8 Å². The first kappa shape index (κ1) is 23.1. The largest absolute Gasteiger partial charge is 0.407 e. The standard InChI is InChI=1S/C23H20ClF3N4O2S/c24-20-11-19-18(13-29-20)17(12-28)21(31(19)15-3-1-2-4-15)14-5-7-16(8-6-14)34(32,33)30-22(9-10-22)23(25,26)27/h5-8,11,13,15,30H,1-4,9-10H2. The fourth-order valence-electron chi connectivity index (χ4n) is 4.80. The van der Waals surface area contributed by atoms with Crippen LogP contribution in [0.4, 0.5) is 13.2 Å². The predicted molar refractivity (Wildman–Crippen MR) is 121 cm³/mol. The van der Waals surface area contributed by atoms with Crippen LogP contribution in [0.1, 0.15) is 50.1 Å². The summed E-state index contributed by atoms with van der Waals surface area (Å²) in [6.45, 7) is 0. The van der Waals surface area contributed by atoms with Crippen LogP contribution in [0.3, 0.4) is 0 Å². The number of halogens is 4. The monoisotopic (exact) mass is 508 g/mol. The molecule has 1 aromatic carbocycles. The van der Waals surface area contributed by atoms with Gasteiger partial charge in [0.05, 0.1) is 21.7 Å². The Hall–Kier alpha value is -2.61. The second kappa shape index (κ2) is 7.97. The van der Waals surface area contributed by atoms with Crippen LogP contribution in [-0.4, -0.2) is 29.7 Å². The van der Waals surface area contributed by atoms with Gasteiger partial charge in [-0.1, -0.05) is 36.6 Å². The van der Waals surface area contributed by atoms with Crippen LogP contribution in [0.25, 0.3) is 22.2 Å². The van der Waals surface area contributed by atoms with Crippen molar-refractivity contribution < 1.29 is 21.6 Å². The molecule has 2 aliphatic rings. The molecule has 11 heteroatoms. The molecule has 2 heterocycles. The van der Waals surface area contributed by atoms with Gasteiger partial charge < -0.3 is 4.57 Å². The van der Waals surface area contributed by atoms with Crippen molar-refractivity contribution in [2.24, 2.45) is 0 Å². The SMILES string of the molecule is N#Cc1c(-c2ccc(S(=O)(=O)NC3(C(F)(F)F)CC3)cc2)n(C2CCCC2)c2cc(Cl)ncc12. The van der Waals surface area contributed by atoms with E-state index in [-0.39, 0.29) is 23.8 Å². The zero-order valence-corrected chi connectivity index (χ0v) is 19.4. The average molecular weight is 509 g/mol. The molecule has 0 atom stereocenters. The normalized spacial score (nSPS) is 18.3. The summed E-state index contributed by atoms with van der Waals surface area (Å²) in [5, 5.41) is 10.9. The first-order chi connectivity index (χ1) is 16.1. The molecule has 2 aliphatic carbocycles. The summed E-state index contributed by atoms with van der Waals surface area (Å²) < 4.78 is 69.0. The van der Waals surface area contributed by atoms with Crippen molar-refractivity contribution in [1.82, 2.24) is 14.3 Å². The molecule has 0 saturated heterocycles. The highest BCUT2D eigenvalue weighted by atomic mass is 35.5. The number of pyridine rings is 1. The molecule has 2 saturated carbocycles. The Morgan fingerprint density at radius 3 is 2.38 bits per heavy atom. The second-order valence-corrected chi connectivity index (χ2v) is 10.9. The average Bonchev–Trinajstić information content (AvgIpc) is 3.25. The third kappa shape index (κ3) is 3.76. The summed E-state index contributed by atoms with van der Waals surface area (Å²) in [6.07, 6.45) is 0.297. The fourth-order valence-corrected chi connectivity index (χ4v) is 6.39. The molecule has 178 valence electrons. The maximum Gasteiger partial charge on any atom is 0.407 e. The van der Waals surface area contributed by atoms with E-state index in [1.807, 2.05) is 4.72 Å². The number of benzene rings is 1. The molecule has 2 aromatic heterocycles. The Labute approximate surface area is 199 Å². The molecule has 3 aromatic rings. The van der Waals surface area contributed by atoms with Crippen LogP contribution in [-0.2, 0) is 10.0 Å². The summed E-state index contributed by atoms with van der Waals surface area (Å²) >= 11 is 6.15. The Morgan fingerprint density at radius 1 is 1.18 bits per heavy atom. The first-order valence-electron chi connectivity index (χ1n) is 10.9. The molecule has 0 unspecified atom stereocenters. The van der Waals surface area contributed by atoms with Gasteiger partial charge in [-0.2, -0.15) is 23.2 Å². The van der Waals surface area contributed by atoms with Crippen LogP contribution < -0.4 is 4.72 Å². The van der Waals surface area contributed by atoms with Gasteiger partial charge in [-0.15, -0.1) is 0 Å². The first-order valence-corrected chi connectivity index (χ1v) is 12.7. The highest BCUT2D eigenvalue weighted by Crippen LogP contribution is 2.50. The Bertz CT molecular complexity index is 1420. The molecule has 0 amide bonds. The quantitative estimate of drug-likeness (QED) is 0.447. The van der Waals surface area contributed by atoms with E-state index in [1.165, 1.54) is 24.3 Å². The van der Waals surface area contributed by atoms with Crippen molar-refractivity contribution in [3.63, 3.8) is 0 Å². The Kier molecular flexibility index (Phi) is 5.43. The molecular weight excluding hydrogens is 489 g/mol. The van der Waals surface area contributed by atoms with Crippen molar-refractivity contribution in [2.45, 2.75) is 61.2 Å². The maximum atomic E-state index is 13.3. The van der Waals surface area contributed by atoms with Gasteiger partial charge in [0.2, 0.25) is 10.0 Å². The van der Waals surface area contributed by atoms with Gasteiger partial charge in [0.1, 0.15) is 16.8 Å². The van der Waals surface area contributed by atoms with Crippen molar-refractivity contribution >= 4 is 32.5 Å². The number of fused-ring (bicyclic) bond motifs is 1. The fraction of sp³-hybridized carbons (Fsp3) is 0.391. The number of sulfonamides is 1. The van der Waals surface area contributed by atoms with E-state index in [0.717, 1.165) is 31.2 Å². The minimum atomic E-state index is -4.65. The van der Waals surface area contributed by atoms with Crippen molar-refractivity contribution in [1.29, 1.82) is 5.26 Å². The molecule has 1 N–H and O–H groups in total. The smallest absolute Gasteiger partial charge is 0.336 e. The summed E-state index contributed by atoms with van der Waals surface area (Å²) in [4.78, 5) is 3.85. The lowest BCUT2D eigenvalue weighted by Crippen LogP contribution is -2.47. The lowest BCUT2D eigenvalue weighted by atomic mass is 10.1. The molecule has 5 rings (SSSR count). The Balaban J connectivity index is 1.59. The molecule has 34 heavy (non-hydrogen) atoms. The van der Waals surface area contributed by atoms with E-state index < -0.39 is 21.7 Å². The van der Waals surface area contributed by atoms with Crippen molar-refractivity contribution in [3.8, 4) is 17.3 Å². The van der Waals surface area contributed by atoms with E-state index in [9.17, 15) is 26.9 Å². The van der Waals surface area contributed by atoms with Gasteiger partial charge in [-0.05, 0) is 49.4 Å². The molecular formula is C23H20ClF3N4O2S. The summed E-state index contributed by atoms with van der Waals surface area (Å²) in [5.74, 6) is 0. The highest BCUT2D eigenvalue weighted by molar-refractivity contribution is 7.89. The molecule has 0 radical (unpaired) electrons. The van der Waals surface area contributed by atoms with E-state index in [2.05, 4.69) is 15.6 Å². The Morgan fingerprint density at radius 2 is 1.82 bits per heavy atom. The second-order valence-electron chi connectivity index (χ2n) is 8.88. The molecule has 2 fully saturated rings. The third-order valence-electron chi connectivity index (χ3n) is 6.72. The molecule has 6 nitrogen and oxygen atoms in total. The van der Waals surface area contributed by atoms with Crippen LogP contribution >= 0.6 is 11.6 Å². The predicted octanol–water partition coefficient (Wildman–Crippen LogP) is 5.72. The molecule has 0 aliphatic heterocycles. The number of hydrogen-bond donors (Lipinski definition) is 1. The minimum absolute atomic E-state index is 0.143. The van der Waals surface area contributed by atoms with Gasteiger partial charge in [0.25, 0.3) is 0 Å². The number of nitriles is 1. The summed E-state index contributed by atoms with van der Waals surface area (Å²) in [7, 11) is -4.38. The van der Waals surface area contributed by atoms with E-state index in [4.69, 9.17) is 11.6 Å². The summed E-state index contributed by atoms with van der Waals surface area (Å²) in [5.41, 5.74) is -0.00268. The highest BCUT2D eigenvalue weighted by Gasteiger charge is 2.65. The number of aromatic nitrogens is 2. The molecule has 0 spiro atoms. The molecule has 0 bridgehead atoms. The minimum Gasteiger partial charge on any atom is -0.336 e. The number of nitrogens with one attached hydrogen (secondary N) is 1.